The quantitative estimate of drug-likeness (QED) is 0.553. The van der Waals surface area contributed by atoms with Gasteiger partial charge in [-0.05, 0) is 0 Å². The summed E-state index contributed by atoms with van der Waals surface area (Å²) in [4.78, 5) is 12.3. The van der Waals surface area contributed by atoms with Crippen molar-refractivity contribution in [2.45, 2.75) is 31.0 Å². The summed E-state index contributed by atoms with van der Waals surface area (Å²) in [6.45, 7) is 0. The van der Waals surface area contributed by atoms with Crippen LogP contribution >= 0.6 is 0 Å². The smallest absolute Gasteiger partial charge is 0.167 e. The Kier molecular flexibility index (Phi) is 1.79. The first-order valence-corrected chi connectivity index (χ1v) is 5.66. The number of hydrogen-bond donors (Lipinski definition) is 3. The molecule has 2 aliphatic heterocycles. The molecule has 2 aromatic heterocycles. The third kappa shape index (κ3) is 1.07. The Bertz CT molecular complexity index is 642. The van der Waals surface area contributed by atoms with E-state index in [0.29, 0.717) is 23.4 Å². The number of imidazole rings is 1. The molecule has 0 amide bonds. The largest absolute Gasteiger partial charge is 0.390 e. The first-order valence-electron chi connectivity index (χ1n) is 5.66. The highest BCUT2D eigenvalue weighted by atomic mass is 16.5. The number of fused-ring (bicyclic) bond motifs is 6. The molecule has 4 N–H and O–H groups in total. The molecule has 2 aliphatic rings. The van der Waals surface area contributed by atoms with Gasteiger partial charge < -0.3 is 20.7 Å². The van der Waals surface area contributed by atoms with Gasteiger partial charge in [-0.25, -0.2) is 15.0 Å². The number of nitrogens with zero attached hydrogens (tertiary/aromatic N) is 4. The molecule has 0 aromatic carbocycles. The van der Waals surface area contributed by atoms with E-state index in [0.717, 1.165) is 0 Å². The second-order valence-corrected chi connectivity index (χ2v) is 4.57. The highest BCUT2D eigenvalue weighted by molar-refractivity contribution is 5.82. The second kappa shape index (κ2) is 3.16. The molecule has 0 aliphatic carbocycles. The van der Waals surface area contributed by atoms with Gasteiger partial charge in [0.05, 0.1) is 6.10 Å². The monoisotopic (exact) mass is 249 g/mol. The minimum atomic E-state index is -0.979. The van der Waals surface area contributed by atoms with Gasteiger partial charge in [-0.15, -0.1) is 0 Å². The fourth-order valence-electron chi connectivity index (χ4n) is 2.70. The van der Waals surface area contributed by atoms with E-state index < -0.39 is 18.3 Å². The van der Waals surface area contributed by atoms with E-state index >= 15 is 0 Å². The van der Waals surface area contributed by atoms with Crippen molar-refractivity contribution in [3.05, 3.63) is 12.2 Å². The molecule has 0 saturated carbocycles. The SMILES string of the molecule is Nc1ncnc2c1nc1n2C2CC(O)C(O2)C1O. The molecule has 2 bridgehead atoms. The van der Waals surface area contributed by atoms with Crippen LogP contribution in [-0.4, -0.2) is 41.9 Å². The summed E-state index contributed by atoms with van der Waals surface area (Å²) in [6, 6.07) is 0. The van der Waals surface area contributed by atoms with E-state index in [1.807, 2.05) is 0 Å². The van der Waals surface area contributed by atoms with Crippen molar-refractivity contribution in [3.63, 3.8) is 0 Å². The summed E-state index contributed by atoms with van der Waals surface area (Å²) < 4.78 is 7.26. The van der Waals surface area contributed by atoms with Gasteiger partial charge in [-0.2, -0.15) is 0 Å². The molecular weight excluding hydrogens is 238 g/mol. The Morgan fingerprint density at radius 1 is 1.39 bits per heavy atom. The molecule has 4 atom stereocenters. The number of hydrogen-bond acceptors (Lipinski definition) is 7. The predicted octanol–water partition coefficient (Wildman–Crippen LogP) is -0.896. The maximum Gasteiger partial charge on any atom is 0.167 e. The van der Waals surface area contributed by atoms with Gasteiger partial charge >= 0.3 is 0 Å². The highest BCUT2D eigenvalue weighted by Crippen LogP contribution is 2.43. The zero-order valence-corrected chi connectivity index (χ0v) is 9.26. The molecule has 4 rings (SSSR count). The first kappa shape index (κ1) is 10.2. The number of anilines is 1. The van der Waals surface area contributed by atoms with Crippen LogP contribution in [0.2, 0.25) is 0 Å². The lowest BCUT2D eigenvalue weighted by Gasteiger charge is -2.27. The van der Waals surface area contributed by atoms with Gasteiger partial charge in [0, 0.05) is 6.42 Å². The first-order chi connectivity index (χ1) is 8.66. The van der Waals surface area contributed by atoms with E-state index in [9.17, 15) is 10.2 Å². The van der Waals surface area contributed by atoms with Crippen molar-refractivity contribution >= 4 is 17.0 Å². The Balaban J connectivity index is 2.03. The van der Waals surface area contributed by atoms with E-state index in [2.05, 4.69) is 15.0 Å². The number of nitrogens with two attached hydrogens (primary N) is 1. The van der Waals surface area contributed by atoms with Crippen LogP contribution in [0.3, 0.4) is 0 Å². The molecule has 0 radical (unpaired) electrons. The zero-order valence-electron chi connectivity index (χ0n) is 9.26. The zero-order chi connectivity index (χ0) is 12.4. The fourth-order valence-corrected chi connectivity index (χ4v) is 2.70. The number of nitrogen functional groups attached to an aromatic ring is 1. The molecule has 0 spiro atoms. The Morgan fingerprint density at radius 3 is 3.06 bits per heavy atom. The molecule has 2 aromatic rings. The lowest BCUT2D eigenvalue weighted by Crippen LogP contribution is -2.33. The third-order valence-corrected chi connectivity index (χ3v) is 3.53. The lowest BCUT2D eigenvalue weighted by atomic mass is 10.1. The van der Waals surface area contributed by atoms with Crippen molar-refractivity contribution in [1.82, 2.24) is 19.5 Å². The van der Waals surface area contributed by atoms with E-state index in [1.165, 1.54) is 6.33 Å². The molecule has 4 heterocycles. The molecule has 4 unspecified atom stereocenters. The van der Waals surface area contributed by atoms with Crippen LogP contribution in [0.4, 0.5) is 5.82 Å². The van der Waals surface area contributed by atoms with Crippen molar-refractivity contribution in [2.75, 3.05) is 5.73 Å². The molecule has 94 valence electrons. The van der Waals surface area contributed by atoms with Crippen LogP contribution < -0.4 is 5.73 Å². The van der Waals surface area contributed by atoms with Crippen LogP contribution in [0.5, 0.6) is 0 Å². The number of aliphatic hydroxyl groups is 2. The van der Waals surface area contributed by atoms with Crippen molar-refractivity contribution in [2.24, 2.45) is 0 Å². The van der Waals surface area contributed by atoms with E-state index in [1.54, 1.807) is 4.57 Å². The normalized spacial score (nSPS) is 33.9. The van der Waals surface area contributed by atoms with Crippen LogP contribution in [0.15, 0.2) is 6.33 Å². The maximum atomic E-state index is 10.2. The Labute approximate surface area is 101 Å². The van der Waals surface area contributed by atoms with Crippen LogP contribution in [-0.2, 0) is 4.74 Å². The van der Waals surface area contributed by atoms with Gasteiger partial charge in [-0.3, -0.25) is 4.57 Å². The van der Waals surface area contributed by atoms with Gasteiger partial charge in [-0.1, -0.05) is 0 Å². The van der Waals surface area contributed by atoms with E-state index in [4.69, 9.17) is 10.5 Å². The fraction of sp³-hybridized carbons (Fsp3) is 0.500. The van der Waals surface area contributed by atoms with E-state index in [-0.39, 0.29) is 12.0 Å². The summed E-state index contributed by atoms with van der Waals surface area (Å²) in [6.07, 6.45) is -0.912. The van der Waals surface area contributed by atoms with Gasteiger partial charge in [0.2, 0.25) is 0 Å². The van der Waals surface area contributed by atoms with Crippen LogP contribution in [0.1, 0.15) is 24.6 Å². The Hall–Kier alpha value is -1.77. The summed E-state index contributed by atoms with van der Waals surface area (Å²) >= 11 is 0. The minimum Gasteiger partial charge on any atom is -0.390 e. The minimum absolute atomic E-state index is 0.269. The molecule has 8 heteroatoms. The van der Waals surface area contributed by atoms with Crippen LogP contribution in [0.25, 0.3) is 11.2 Å². The average molecular weight is 249 g/mol. The standard InChI is InChI=1S/C10H11N5O3/c11-8-5-9(13-2-12-8)15-4-1-3(16)7(18-4)6(17)10(15)14-5/h2-4,6-7,16-17H,1H2,(H2,11,12,13). The van der Waals surface area contributed by atoms with Gasteiger partial charge in [0.1, 0.15) is 30.6 Å². The molecule has 1 fully saturated rings. The highest BCUT2D eigenvalue weighted by Gasteiger charge is 2.47. The maximum absolute atomic E-state index is 10.2. The van der Waals surface area contributed by atoms with Gasteiger partial charge in [0.25, 0.3) is 0 Å². The second-order valence-electron chi connectivity index (χ2n) is 4.57. The third-order valence-electron chi connectivity index (χ3n) is 3.53. The molecule has 18 heavy (non-hydrogen) atoms. The molecule has 8 nitrogen and oxygen atoms in total. The Morgan fingerprint density at radius 2 is 2.22 bits per heavy atom. The number of ether oxygens (including phenoxy) is 1. The van der Waals surface area contributed by atoms with Gasteiger partial charge in [0.15, 0.2) is 17.0 Å². The van der Waals surface area contributed by atoms with Crippen LogP contribution in [0, 0.1) is 0 Å². The average Bonchev–Trinajstić information content (AvgIpc) is 2.88. The van der Waals surface area contributed by atoms with Crippen molar-refractivity contribution < 1.29 is 14.9 Å². The number of aromatic nitrogens is 4. The summed E-state index contributed by atoms with van der Waals surface area (Å²) in [5.41, 5.74) is 6.72. The molecular formula is C10H11N5O3. The topological polar surface area (TPSA) is 119 Å². The van der Waals surface area contributed by atoms with Crippen molar-refractivity contribution in [1.29, 1.82) is 0 Å². The number of aliphatic hydroxyl groups excluding tert-OH is 2. The predicted molar refractivity (Wildman–Crippen MR) is 59.2 cm³/mol. The summed E-state index contributed by atoms with van der Waals surface area (Å²) in [7, 11) is 0. The number of rotatable bonds is 0. The summed E-state index contributed by atoms with van der Waals surface area (Å²) in [5.74, 6) is 0.695. The molecule has 1 saturated heterocycles. The lowest BCUT2D eigenvalue weighted by molar-refractivity contribution is -0.110. The summed E-state index contributed by atoms with van der Waals surface area (Å²) in [5, 5.41) is 20.0. The van der Waals surface area contributed by atoms with Crippen molar-refractivity contribution in [3.8, 4) is 0 Å².